The molecule has 0 bridgehead atoms. The molecule has 0 saturated carbocycles. The van der Waals surface area contributed by atoms with Gasteiger partial charge >= 0.3 is 11.9 Å². The van der Waals surface area contributed by atoms with Gasteiger partial charge in [-0.1, -0.05) is 44.2 Å². The average Bonchev–Trinajstić information content (AvgIpc) is 3.22. The molecule has 7 heteroatoms. The number of Topliss-reactive ketones (excluding diaryl/α,β-unsaturated/α-hetero) is 1. The Morgan fingerprint density at radius 2 is 1.69 bits per heavy atom. The molecule has 168 valence electrons. The van der Waals surface area contributed by atoms with E-state index in [0.29, 0.717) is 29.8 Å². The Kier molecular flexibility index (Phi) is 7.76. The first-order valence-electron chi connectivity index (χ1n) is 10.8. The van der Waals surface area contributed by atoms with Crippen molar-refractivity contribution in [2.45, 2.75) is 39.2 Å². The summed E-state index contributed by atoms with van der Waals surface area (Å²) in [6.45, 7) is 4.20. The van der Waals surface area contributed by atoms with Gasteiger partial charge in [-0.3, -0.25) is 14.4 Å². The van der Waals surface area contributed by atoms with E-state index in [1.54, 1.807) is 55.5 Å². The van der Waals surface area contributed by atoms with Crippen LogP contribution in [0.4, 0.5) is 5.69 Å². The Hall–Kier alpha value is -3.48. The van der Waals surface area contributed by atoms with Crippen LogP contribution in [0.3, 0.4) is 0 Å². The van der Waals surface area contributed by atoms with Crippen molar-refractivity contribution in [3.05, 3.63) is 65.7 Å². The molecule has 1 heterocycles. The van der Waals surface area contributed by atoms with E-state index in [1.165, 1.54) is 4.90 Å². The van der Waals surface area contributed by atoms with Crippen molar-refractivity contribution in [1.29, 1.82) is 0 Å². The molecule has 0 aromatic heterocycles. The fraction of sp³-hybridized carbons (Fsp3) is 0.360. The zero-order chi connectivity index (χ0) is 23.1. The minimum absolute atomic E-state index is 0.00902. The van der Waals surface area contributed by atoms with E-state index in [1.807, 2.05) is 13.0 Å². The number of rotatable bonds is 9. The number of ketones is 1. The van der Waals surface area contributed by atoms with Gasteiger partial charge in [0.05, 0.1) is 18.1 Å². The number of ether oxygens (including phenoxy) is 2. The zero-order valence-electron chi connectivity index (χ0n) is 18.3. The second-order valence-corrected chi connectivity index (χ2v) is 7.65. The van der Waals surface area contributed by atoms with Crippen LogP contribution in [-0.2, 0) is 19.1 Å². The van der Waals surface area contributed by atoms with E-state index in [2.05, 4.69) is 0 Å². The third-order valence-electron chi connectivity index (χ3n) is 5.29. The van der Waals surface area contributed by atoms with Gasteiger partial charge in [0, 0.05) is 24.2 Å². The van der Waals surface area contributed by atoms with Gasteiger partial charge < -0.3 is 14.4 Å². The van der Waals surface area contributed by atoms with Gasteiger partial charge in [0.15, 0.2) is 6.10 Å². The van der Waals surface area contributed by atoms with Crippen LogP contribution in [0, 0.1) is 5.92 Å². The lowest BCUT2D eigenvalue weighted by atomic mass is 10.0. The predicted octanol–water partition coefficient (Wildman–Crippen LogP) is 3.81. The van der Waals surface area contributed by atoms with Crippen LogP contribution in [0.15, 0.2) is 54.6 Å². The van der Waals surface area contributed by atoms with Crippen LogP contribution < -0.4 is 4.90 Å². The van der Waals surface area contributed by atoms with Crippen LogP contribution >= 0.6 is 0 Å². The molecule has 0 aliphatic carbocycles. The smallest absolute Gasteiger partial charge is 0.338 e. The highest BCUT2D eigenvalue weighted by Gasteiger charge is 2.37. The van der Waals surface area contributed by atoms with Crippen molar-refractivity contribution in [2.75, 3.05) is 18.1 Å². The summed E-state index contributed by atoms with van der Waals surface area (Å²) in [6.07, 6.45) is 0.205. The quantitative estimate of drug-likeness (QED) is 0.438. The van der Waals surface area contributed by atoms with Crippen molar-refractivity contribution in [1.82, 2.24) is 0 Å². The number of hydrogen-bond acceptors (Lipinski definition) is 6. The lowest BCUT2D eigenvalue weighted by Gasteiger charge is -2.19. The molecule has 1 amide bonds. The Balaban J connectivity index is 1.62. The van der Waals surface area contributed by atoms with Gasteiger partial charge in [-0.15, -0.1) is 0 Å². The van der Waals surface area contributed by atoms with Crippen LogP contribution in [0.2, 0.25) is 0 Å². The Morgan fingerprint density at radius 1 is 1.00 bits per heavy atom. The first-order chi connectivity index (χ1) is 15.4. The van der Waals surface area contributed by atoms with Gasteiger partial charge in [-0.25, -0.2) is 4.79 Å². The molecule has 0 radical (unpaired) electrons. The van der Waals surface area contributed by atoms with E-state index >= 15 is 0 Å². The third-order valence-corrected chi connectivity index (χ3v) is 5.29. The number of benzene rings is 2. The molecule has 2 aromatic carbocycles. The Labute approximate surface area is 187 Å². The number of carbonyl (C=O) groups excluding carboxylic acids is 4. The topological polar surface area (TPSA) is 90.0 Å². The molecule has 2 aromatic rings. The van der Waals surface area contributed by atoms with Crippen molar-refractivity contribution in [2.24, 2.45) is 5.92 Å². The molecular formula is C25H27NO6. The summed E-state index contributed by atoms with van der Waals surface area (Å²) in [6, 6.07) is 15.2. The monoisotopic (exact) mass is 437 g/mol. The van der Waals surface area contributed by atoms with E-state index < -0.39 is 24.0 Å². The van der Waals surface area contributed by atoms with Gasteiger partial charge in [0.2, 0.25) is 11.7 Å². The minimum Gasteiger partial charge on any atom is -0.462 e. The number of hydrogen-bond donors (Lipinski definition) is 0. The molecule has 1 saturated heterocycles. The summed E-state index contributed by atoms with van der Waals surface area (Å²) in [7, 11) is 0. The number of amides is 1. The molecule has 0 spiro atoms. The first kappa shape index (κ1) is 23.2. The average molecular weight is 437 g/mol. The van der Waals surface area contributed by atoms with Crippen molar-refractivity contribution >= 4 is 29.3 Å². The van der Waals surface area contributed by atoms with Crippen molar-refractivity contribution < 1.29 is 28.7 Å². The van der Waals surface area contributed by atoms with Crippen LogP contribution in [0.5, 0.6) is 0 Å². The Morgan fingerprint density at radius 3 is 2.31 bits per heavy atom. The van der Waals surface area contributed by atoms with Crippen LogP contribution in [0.25, 0.3) is 0 Å². The summed E-state index contributed by atoms with van der Waals surface area (Å²) < 4.78 is 10.6. The third kappa shape index (κ3) is 5.41. The molecule has 1 aliphatic rings. The van der Waals surface area contributed by atoms with E-state index in [-0.39, 0.29) is 24.7 Å². The molecule has 0 N–H and O–H groups in total. The number of nitrogens with zero attached hydrogens (tertiary/aromatic N) is 1. The van der Waals surface area contributed by atoms with Crippen molar-refractivity contribution in [3.63, 3.8) is 0 Å². The number of anilines is 1. The summed E-state index contributed by atoms with van der Waals surface area (Å²) in [5.74, 6) is -2.10. The highest BCUT2D eigenvalue weighted by molar-refractivity contribution is 6.02. The fourth-order valence-electron chi connectivity index (χ4n) is 3.52. The summed E-state index contributed by atoms with van der Waals surface area (Å²) in [5, 5.41) is 0. The van der Waals surface area contributed by atoms with E-state index in [9.17, 15) is 19.2 Å². The highest BCUT2D eigenvalue weighted by atomic mass is 16.5. The molecule has 32 heavy (non-hydrogen) atoms. The minimum atomic E-state index is -0.887. The molecule has 3 rings (SSSR count). The summed E-state index contributed by atoms with van der Waals surface area (Å²) in [4.78, 5) is 51.3. The molecule has 1 fully saturated rings. The largest absolute Gasteiger partial charge is 0.462 e. The zero-order valence-corrected chi connectivity index (χ0v) is 18.3. The summed E-state index contributed by atoms with van der Waals surface area (Å²) in [5.41, 5.74) is 1.47. The van der Waals surface area contributed by atoms with E-state index in [0.717, 1.165) is 6.42 Å². The van der Waals surface area contributed by atoms with Crippen molar-refractivity contribution in [3.8, 4) is 0 Å². The molecule has 7 nitrogen and oxygen atoms in total. The molecular weight excluding hydrogens is 410 g/mol. The fourth-order valence-corrected chi connectivity index (χ4v) is 3.52. The number of carbonyl (C=O) groups is 4. The standard InChI is InChI=1S/C25H27NO6/c1-3-14-31-24(29)18-10-12-20(13-11-18)26-16-19(15-22(26)27)25(30)32-21(4-2)23(28)17-8-6-5-7-9-17/h5-13,19,21H,3-4,14-16H2,1-2H3/t19-,21-/m0/s1. The van der Waals surface area contributed by atoms with E-state index in [4.69, 9.17) is 9.47 Å². The highest BCUT2D eigenvalue weighted by Crippen LogP contribution is 2.27. The Bertz CT molecular complexity index is 970. The molecule has 2 atom stereocenters. The normalized spacial score (nSPS) is 16.5. The maximum Gasteiger partial charge on any atom is 0.338 e. The molecule has 1 aliphatic heterocycles. The van der Waals surface area contributed by atoms with Gasteiger partial charge in [-0.2, -0.15) is 0 Å². The summed E-state index contributed by atoms with van der Waals surface area (Å²) >= 11 is 0. The lowest BCUT2D eigenvalue weighted by Crippen LogP contribution is -2.31. The van der Waals surface area contributed by atoms with Gasteiger partial charge in [-0.05, 0) is 37.1 Å². The van der Waals surface area contributed by atoms with Gasteiger partial charge in [0.1, 0.15) is 0 Å². The first-order valence-corrected chi connectivity index (χ1v) is 10.8. The second kappa shape index (κ2) is 10.7. The van der Waals surface area contributed by atoms with Gasteiger partial charge in [0.25, 0.3) is 0 Å². The second-order valence-electron chi connectivity index (χ2n) is 7.65. The van der Waals surface area contributed by atoms with Crippen LogP contribution in [-0.4, -0.2) is 42.9 Å². The maximum absolute atomic E-state index is 12.7. The predicted molar refractivity (Wildman–Crippen MR) is 118 cm³/mol. The van der Waals surface area contributed by atoms with Crippen LogP contribution in [0.1, 0.15) is 53.8 Å². The number of esters is 2. The SMILES string of the molecule is CCCOC(=O)c1ccc(N2C[C@@H](C(=O)O[C@@H](CC)C(=O)c3ccccc3)CC2=O)cc1. The lowest BCUT2D eigenvalue weighted by molar-refractivity contribution is -0.151. The molecule has 0 unspecified atom stereocenters. The maximum atomic E-state index is 12.7.